The highest BCUT2D eigenvalue weighted by Gasteiger charge is 2.22. The molecule has 0 fully saturated rings. The number of nitrogen functional groups attached to an aromatic ring is 1. The smallest absolute Gasteiger partial charge is 0.264 e. The molecule has 1 aliphatic carbocycles. The normalized spacial score (nSPS) is 13.2. The van der Waals surface area contributed by atoms with Crippen LogP contribution in [-0.2, 0) is 17.6 Å². The fraction of sp³-hybridized carbons (Fsp3) is 0.227. The molecule has 4 rings (SSSR count). The van der Waals surface area contributed by atoms with Gasteiger partial charge >= 0.3 is 0 Å². The second-order valence-corrected chi connectivity index (χ2v) is 9.25. The monoisotopic (exact) mass is 478 g/mol. The number of benzene rings is 1. The first-order chi connectivity index (χ1) is 16.2. The summed E-state index contributed by atoms with van der Waals surface area (Å²) >= 11 is 2.66. The average molecular weight is 479 g/mol. The quantitative estimate of drug-likeness (QED) is 0.195. The second-order valence-electron chi connectivity index (χ2n) is 7.20. The first-order valence-corrected chi connectivity index (χ1v) is 12.1. The van der Waals surface area contributed by atoms with E-state index >= 15 is 0 Å². The molecule has 1 amide bonds. The van der Waals surface area contributed by atoms with Crippen LogP contribution in [-0.4, -0.2) is 32.7 Å². The Labute approximate surface area is 199 Å². The molecule has 0 aliphatic heterocycles. The number of rotatable bonds is 8. The maximum absolute atomic E-state index is 12.5. The van der Waals surface area contributed by atoms with Gasteiger partial charge in [-0.15, -0.1) is 21.5 Å². The Morgan fingerprint density at radius 3 is 2.94 bits per heavy atom. The summed E-state index contributed by atoms with van der Waals surface area (Å²) in [6.45, 7) is 0. The van der Waals surface area contributed by atoms with E-state index < -0.39 is 0 Å². The van der Waals surface area contributed by atoms with Gasteiger partial charge in [-0.3, -0.25) is 4.79 Å². The number of nitrogens with zero attached hydrogens (tertiary/aromatic N) is 5. The summed E-state index contributed by atoms with van der Waals surface area (Å²) in [4.78, 5) is 13.7. The van der Waals surface area contributed by atoms with Gasteiger partial charge in [0.05, 0.1) is 11.3 Å². The zero-order chi connectivity index (χ0) is 23.0. The Morgan fingerprint density at radius 2 is 2.12 bits per heavy atom. The van der Waals surface area contributed by atoms with Crippen molar-refractivity contribution in [3.05, 3.63) is 58.0 Å². The van der Waals surface area contributed by atoms with Crippen molar-refractivity contribution in [1.29, 1.82) is 5.26 Å². The molecular weight excluding hydrogens is 456 g/mol. The van der Waals surface area contributed by atoms with E-state index in [9.17, 15) is 10.1 Å². The number of aromatic nitrogens is 3. The first-order valence-electron chi connectivity index (χ1n) is 10.3. The van der Waals surface area contributed by atoms with Gasteiger partial charge in [0.1, 0.15) is 11.1 Å². The number of hydrogen-bond donors (Lipinski definition) is 3. The molecule has 0 bridgehead atoms. The van der Waals surface area contributed by atoms with Crippen LogP contribution in [0.3, 0.4) is 0 Å². The van der Waals surface area contributed by atoms with Crippen molar-refractivity contribution in [3.8, 4) is 6.07 Å². The molecule has 168 valence electrons. The van der Waals surface area contributed by atoms with Crippen LogP contribution in [0.25, 0.3) is 6.08 Å². The van der Waals surface area contributed by atoms with Crippen LogP contribution < -0.4 is 16.6 Å². The standard InChI is InChI=1S/C22H22N8OS2/c23-13-17-16-10-4-5-11-18(16)33-20(17)26-19(31)14-32-22-29-28-21(30(22)24)27-25-12-6-9-15-7-2-1-3-8-15/h1-3,6-9,12H,4-5,10-11,14,24H2,(H,26,31)(H,27,28)/b9-6+,25-12+. The van der Waals surface area contributed by atoms with Gasteiger partial charge in [-0.25, -0.2) is 10.1 Å². The molecule has 0 saturated carbocycles. The van der Waals surface area contributed by atoms with Gasteiger partial charge in [-0.1, -0.05) is 48.2 Å². The molecule has 33 heavy (non-hydrogen) atoms. The summed E-state index contributed by atoms with van der Waals surface area (Å²) in [7, 11) is 0. The van der Waals surface area contributed by atoms with Crippen molar-refractivity contribution in [3.63, 3.8) is 0 Å². The number of nitrogens with one attached hydrogen (secondary N) is 2. The molecule has 0 saturated heterocycles. The summed E-state index contributed by atoms with van der Waals surface area (Å²) in [5.74, 6) is 6.12. The van der Waals surface area contributed by atoms with E-state index in [-0.39, 0.29) is 17.6 Å². The Hall–Kier alpha value is -3.62. The van der Waals surface area contributed by atoms with Gasteiger partial charge in [-0.2, -0.15) is 10.4 Å². The number of fused-ring (bicyclic) bond motifs is 1. The number of allylic oxidation sites excluding steroid dienone is 1. The topological polar surface area (TPSA) is 134 Å². The third kappa shape index (κ3) is 5.60. The lowest BCUT2D eigenvalue weighted by molar-refractivity contribution is -0.113. The minimum atomic E-state index is -0.225. The number of nitriles is 1. The lowest BCUT2D eigenvalue weighted by atomic mass is 9.96. The van der Waals surface area contributed by atoms with Gasteiger partial charge in [0, 0.05) is 11.1 Å². The number of thioether (sulfide) groups is 1. The summed E-state index contributed by atoms with van der Waals surface area (Å²) in [6, 6.07) is 12.1. The Bertz CT molecular complexity index is 1220. The number of carbonyl (C=O) groups excluding carboxylic acids is 1. The predicted molar refractivity (Wildman–Crippen MR) is 133 cm³/mol. The number of amides is 1. The number of hydrazone groups is 1. The Kier molecular flexibility index (Phi) is 7.39. The molecule has 11 heteroatoms. The zero-order valence-corrected chi connectivity index (χ0v) is 19.3. The van der Waals surface area contributed by atoms with Gasteiger partial charge in [0.15, 0.2) is 0 Å². The highest BCUT2D eigenvalue weighted by molar-refractivity contribution is 7.99. The summed E-state index contributed by atoms with van der Waals surface area (Å²) < 4.78 is 1.24. The molecule has 9 nitrogen and oxygen atoms in total. The average Bonchev–Trinajstić information content (AvgIpc) is 3.37. The fourth-order valence-electron chi connectivity index (χ4n) is 3.37. The van der Waals surface area contributed by atoms with Crippen LogP contribution in [0.1, 0.15) is 34.4 Å². The Morgan fingerprint density at radius 1 is 1.30 bits per heavy atom. The van der Waals surface area contributed by atoms with Crippen LogP contribution in [0.15, 0.2) is 46.7 Å². The largest absolute Gasteiger partial charge is 0.334 e. The number of anilines is 2. The third-order valence-corrected chi connectivity index (χ3v) is 7.10. The fourth-order valence-corrected chi connectivity index (χ4v) is 5.29. The van der Waals surface area contributed by atoms with Crippen molar-refractivity contribution in [1.82, 2.24) is 14.9 Å². The van der Waals surface area contributed by atoms with Gasteiger partial charge in [-0.05, 0) is 42.9 Å². The van der Waals surface area contributed by atoms with Crippen molar-refractivity contribution in [2.45, 2.75) is 30.8 Å². The summed E-state index contributed by atoms with van der Waals surface area (Å²) in [6.07, 6.45) is 9.35. The molecule has 2 aromatic heterocycles. The number of thiophene rings is 1. The van der Waals surface area contributed by atoms with E-state index in [0.29, 0.717) is 15.7 Å². The molecule has 0 atom stereocenters. The lowest BCUT2D eigenvalue weighted by Gasteiger charge is -2.09. The molecule has 1 aliphatic rings. The SMILES string of the molecule is N#Cc1c(NC(=O)CSc2nnc(N/N=C/C=C/c3ccccc3)n2N)sc2c1CCCC2. The first kappa shape index (κ1) is 22.6. The highest BCUT2D eigenvalue weighted by atomic mass is 32.2. The Balaban J connectivity index is 1.29. The van der Waals surface area contributed by atoms with Gasteiger partial charge < -0.3 is 11.2 Å². The van der Waals surface area contributed by atoms with E-state index in [1.54, 1.807) is 12.3 Å². The molecule has 4 N–H and O–H groups in total. The maximum Gasteiger partial charge on any atom is 0.264 e. The summed E-state index contributed by atoms with van der Waals surface area (Å²) in [5.41, 5.74) is 5.48. The lowest BCUT2D eigenvalue weighted by Crippen LogP contribution is -2.16. The number of nitrogens with two attached hydrogens (primary N) is 1. The zero-order valence-electron chi connectivity index (χ0n) is 17.7. The van der Waals surface area contributed by atoms with Crippen molar-refractivity contribution in [2.24, 2.45) is 5.10 Å². The van der Waals surface area contributed by atoms with Gasteiger partial charge in [0.25, 0.3) is 5.95 Å². The molecule has 1 aromatic carbocycles. The van der Waals surface area contributed by atoms with Crippen LogP contribution >= 0.6 is 23.1 Å². The van der Waals surface area contributed by atoms with Crippen molar-refractivity contribution in [2.75, 3.05) is 22.3 Å². The van der Waals surface area contributed by atoms with E-state index in [2.05, 4.69) is 32.1 Å². The molecule has 2 heterocycles. The van der Waals surface area contributed by atoms with E-state index in [0.717, 1.165) is 48.6 Å². The van der Waals surface area contributed by atoms with Crippen molar-refractivity contribution >= 4 is 52.2 Å². The number of carbonyl (C=O) groups is 1. The minimum Gasteiger partial charge on any atom is -0.334 e. The molecular formula is C22H22N8OS2. The minimum absolute atomic E-state index is 0.0891. The van der Waals surface area contributed by atoms with Crippen LogP contribution in [0, 0.1) is 11.3 Å². The number of aryl methyl sites for hydroxylation is 1. The van der Waals surface area contributed by atoms with Gasteiger partial charge in [0.2, 0.25) is 11.1 Å². The summed E-state index contributed by atoms with van der Waals surface area (Å²) in [5, 5.41) is 25.4. The second kappa shape index (κ2) is 10.8. The highest BCUT2D eigenvalue weighted by Crippen LogP contribution is 2.37. The van der Waals surface area contributed by atoms with E-state index in [4.69, 9.17) is 5.84 Å². The molecule has 0 unspecified atom stereocenters. The third-order valence-electron chi connectivity index (χ3n) is 4.95. The van der Waals surface area contributed by atoms with E-state index in [1.165, 1.54) is 20.9 Å². The molecule has 3 aromatic rings. The molecule has 0 radical (unpaired) electrons. The van der Waals surface area contributed by atoms with Crippen molar-refractivity contribution < 1.29 is 4.79 Å². The van der Waals surface area contributed by atoms with Crippen LogP contribution in [0.5, 0.6) is 0 Å². The predicted octanol–water partition coefficient (Wildman–Crippen LogP) is 3.65. The number of hydrogen-bond acceptors (Lipinski definition) is 9. The molecule has 0 spiro atoms. The van der Waals surface area contributed by atoms with Crippen LogP contribution in [0.4, 0.5) is 10.9 Å². The van der Waals surface area contributed by atoms with Crippen LogP contribution in [0.2, 0.25) is 0 Å². The van der Waals surface area contributed by atoms with E-state index in [1.807, 2.05) is 36.4 Å². The maximum atomic E-state index is 12.5.